The zero-order chi connectivity index (χ0) is 10.4. The van der Waals surface area contributed by atoms with Gasteiger partial charge in [-0.25, -0.2) is 0 Å². The molecule has 0 saturated heterocycles. The van der Waals surface area contributed by atoms with E-state index in [0.717, 1.165) is 32.2 Å². The van der Waals surface area contributed by atoms with Gasteiger partial charge in [0.25, 0.3) is 0 Å². The summed E-state index contributed by atoms with van der Waals surface area (Å²) in [5.74, 6) is 0. The zero-order valence-corrected chi connectivity index (χ0v) is 9.21. The van der Waals surface area contributed by atoms with Gasteiger partial charge in [-0.3, -0.25) is 0 Å². The van der Waals surface area contributed by atoms with Crippen LogP contribution in [0.15, 0.2) is 0 Å². The van der Waals surface area contributed by atoms with Crippen LogP contribution in [0.1, 0.15) is 45.4 Å². The van der Waals surface area contributed by atoms with Gasteiger partial charge in [0.05, 0.1) is 6.10 Å². The molecule has 1 aliphatic carbocycles. The molecule has 1 fully saturated rings. The first-order valence-electron chi connectivity index (χ1n) is 5.89. The van der Waals surface area contributed by atoms with Crippen LogP contribution in [0.5, 0.6) is 0 Å². The maximum Gasteiger partial charge on any atom is 0.0664 e. The third-order valence-electron chi connectivity index (χ3n) is 3.04. The van der Waals surface area contributed by atoms with E-state index >= 15 is 0 Å². The van der Waals surface area contributed by atoms with E-state index in [1.807, 2.05) is 0 Å². The van der Waals surface area contributed by atoms with Crippen molar-refractivity contribution >= 4 is 0 Å². The van der Waals surface area contributed by atoms with Crippen LogP contribution in [0.3, 0.4) is 0 Å². The predicted molar refractivity (Wildman–Crippen MR) is 59.1 cm³/mol. The second kappa shape index (κ2) is 6.38. The average molecular weight is 200 g/mol. The third-order valence-corrected chi connectivity index (χ3v) is 3.04. The molecule has 3 heteroatoms. The lowest BCUT2D eigenvalue weighted by molar-refractivity contribution is 0.152. The highest BCUT2D eigenvalue weighted by Gasteiger charge is 2.18. The molecule has 0 heterocycles. The van der Waals surface area contributed by atoms with Crippen molar-refractivity contribution in [3.63, 3.8) is 0 Å². The van der Waals surface area contributed by atoms with E-state index in [9.17, 15) is 5.11 Å². The number of aliphatic hydroxyl groups is 1. The number of nitrogens with two attached hydrogens (primary N) is 1. The number of hydrogen-bond acceptors (Lipinski definition) is 3. The minimum atomic E-state index is -0.171. The molecule has 0 aromatic heterocycles. The fourth-order valence-corrected chi connectivity index (χ4v) is 2.06. The van der Waals surface area contributed by atoms with Gasteiger partial charge in [0, 0.05) is 18.6 Å². The Morgan fingerprint density at radius 2 is 2.00 bits per heavy atom. The lowest BCUT2D eigenvalue weighted by Gasteiger charge is -2.27. The van der Waals surface area contributed by atoms with Crippen molar-refractivity contribution in [2.75, 3.05) is 6.54 Å². The van der Waals surface area contributed by atoms with Crippen LogP contribution in [-0.2, 0) is 0 Å². The summed E-state index contributed by atoms with van der Waals surface area (Å²) in [5.41, 5.74) is 5.82. The molecule has 0 amide bonds. The Morgan fingerprint density at radius 3 is 2.57 bits per heavy atom. The largest absolute Gasteiger partial charge is 0.392 e. The van der Waals surface area contributed by atoms with Crippen molar-refractivity contribution in [2.24, 2.45) is 5.73 Å². The Labute approximate surface area is 87.1 Å². The first-order valence-corrected chi connectivity index (χ1v) is 5.89. The van der Waals surface area contributed by atoms with Crippen molar-refractivity contribution in [2.45, 2.75) is 63.6 Å². The third kappa shape index (κ3) is 4.40. The number of hydrogen-bond donors (Lipinski definition) is 3. The lowest BCUT2D eigenvalue weighted by Crippen LogP contribution is -2.40. The Kier molecular flexibility index (Phi) is 5.45. The highest BCUT2D eigenvalue weighted by molar-refractivity contribution is 4.79. The summed E-state index contributed by atoms with van der Waals surface area (Å²) in [5, 5.41) is 13.0. The number of rotatable bonds is 5. The van der Waals surface area contributed by atoms with Gasteiger partial charge < -0.3 is 16.2 Å². The van der Waals surface area contributed by atoms with E-state index < -0.39 is 0 Å². The van der Waals surface area contributed by atoms with Crippen LogP contribution in [0.2, 0.25) is 0 Å². The summed E-state index contributed by atoms with van der Waals surface area (Å²) in [6.45, 7) is 2.84. The molecule has 84 valence electrons. The van der Waals surface area contributed by atoms with Gasteiger partial charge in [0.1, 0.15) is 0 Å². The summed E-state index contributed by atoms with van der Waals surface area (Å²) >= 11 is 0. The van der Waals surface area contributed by atoms with Crippen molar-refractivity contribution in [3.8, 4) is 0 Å². The second-order valence-electron chi connectivity index (χ2n) is 4.46. The van der Waals surface area contributed by atoms with Gasteiger partial charge in [-0.15, -0.1) is 0 Å². The van der Waals surface area contributed by atoms with Gasteiger partial charge in [0.2, 0.25) is 0 Å². The normalized spacial score (nSPS) is 30.2. The molecule has 1 saturated carbocycles. The standard InChI is InChI=1S/C11H24N2O/c1-2-3-11(14)8-13-10-6-4-9(12)5-7-10/h9-11,13-14H,2-8,12H2,1H3. The van der Waals surface area contributed by atoms with E-state index in [0.29, 0.717) is 12.1 Å². The van der Waals surface area contributed by atoms with Crippen molar-refractivity contribution in [1.82, 2.24) is 5.32 Å². The Morgan fingerprint density at radius 1 is 1.36 bits per heavy atom. The SMILES string of the molecule is CCCC(O)CNC1CCC(N)CC1. The van der Waals surface area contributed by atoms with E-state index in [4.69, 9.17) is 5.73 Å². The van der Waals surface area contributed by atoms with Crippen LogP contribution in [0, 0.1) is 0 Å². The molecule has 1 aliphatic rings. The lowest BCUT2D eigenvalue weighted by atomic mass is 9.92. The molecular weight excluding hydrogens is 176 g/mol. The molecule has 14 heavy (non-hydrogen) atoms. The molecule has 0 bridgehead atoms. The summed E-state index contributed by atoms with van der Waals surface area (Å²) in [7, 11) is 0. The molecule has 1 atom stereocenters. The van der Waals surface area contributed by atoms with Crippen molar-refractivity contribution in [1.29, 1.82) is 0 Å². The molecule has 0 aromatic carbocycles. The Bertz CT molecular complexity index is 144. The van der Waals surface area contributed by atoms with Gasteiger partial charge >= 0.3 is 0 Å². The maximum absolute atomic E-state index is 9.54. The van der Waals surface area contributed by atoms with Crippen LogP contribution < -0.4 is 11.1 Å². The summed E-state index contributed by atoms with van der Waals surface area (Å²) in [6.07, 6.45) is 6.37. The molecule has 0 aromatic rings. The molecular formula is C11H24N2O. The van der Waals surface area contributed by atoms with E-state index in [1.165, 1.54) is 12.8 Å². The van der Waals surface area contributed by atoms with Gasteiger partial charge in [-0.2, -0.15) is 0 Å². The molecule has 0 aliphatic heterocycles. The zero-order valence-electron chi connectivity index (χ0n) is 9.21. The van der Waals surface area contributed by atoms with Crippen LogP contribution in [0.25, 0.3) is 0 Å². The van der Waals surface area contributed by atoms with Gasteiger partial charge in [0.15, 0.2) is 0 Å². The van der Waals surface area contributed by atoms with E-state index in [2.05, 4.69) is 12.2 Å². The molecule has 1 unspecified atom stereocenters. The van der Waals surface area contributed by atoms with Gasteiger partial charge in [-0.05, 0) is 32.1 Å². The minimum Gasteiger partial charge on any atom is -0.392 e. The topological polar surface area (TPSA) is 58.3 Å². The van der Waals surface area contributed by atoms with Crippen LogP contribution >= 0.6 is 0 Å². The minimum absolute atomic E-state index is 0.171. The fourth-order valence-electron chi connectivity index (χ4n) is 2.06. The molecule has 1 rings (SSSR count). The van der Waals surface area contributed by atoms with Crippen molar-refractivity contribution < 1.29 is 5.11 Å². The first-order chi connectivity index (χ1) is 6.72. The maximum atomic E-state index is 9.54. The fraction of sp³-hybridized carbons (Fsp3) is 1.00. The monoisotopic (exact) mass is 200 g/mol. The van der Waals surface area contributed by atoms with E-state index in [1.54, 1.807) is 0 Å². The van der Waals surface area contributed by atoms with Crippen LogP contribution in [-0.4, -0.2) is 29.8 Å². The highest BCUT2D eigenvalue weighted by atomic mass is 16.3. The average Bonchev–Trinajstić information content (AvgIpc) is 2.17. The smallest absolute Gasteiger partial charge is 0.0664 e. The summed E-state index contributed by atoms with van der Waals surface area (Å²) in [4.78, 5) is 0. The van der Waals surface area contributed by atoms with Gasteiger partial charge in [-0.1, -0.05) is 13.3 Å². The number of nitrogens with one attached hydrogen (secondary N) is 1. The molecule has 3 nitrogen and oxygen atoms in total. The van der Waals surface area contributed by atoms with Crippen LogP contribution in [0.4, 0.5) is 0 Å². The second-order valence-corrected chi connectivity index (χ2v) is 4.46. The Balaban J connectivity index is 2.06. The quantitative estimate of drug-likeness (QED) is 0.620. The van der Waals surface area contributed by atoms with E-state index in [-0.39, 0.29) is 6.10 Å². The highest BCUT2D eigenvalue weighted by Crippen LogP contribution is 2.16. The Hall–Kier alpha value is -0.120. The van der Waals surface area contributed by atoms with Crippen molar-refractivity contribution in [3.05, 3.63) is 0 Å². The predicted octanol–water partition coefficient (Wildman–Crippen LogP) is 1.01. The molecule has 0 spiro atoms. The molecule has 4 N–H and O–H groups in total. The summed E-state index contributed by atoms with van der Waals surface area (Å²) < 4.78 is 0. The molecule has 0 radical (unpaired) electrons. The summed E-state index contributed by atoms with van der Waals surface area (Å²) in [6, 6.07) is 0.995. The number of aliphatic hydroxyl groups excluding tert-OH is 1. The first kappa shape index (κ1) is 12.0.